The van der Waals surface area contributed by atoms with E-state index in [1.165, 1.54) is 32.4 Å². The summed E-state index contributed by atoms with van der Waals surface area (Å²) in [6.07, 6.45) is 4.21. The number of likely N-dealkylation sites (tertiary alicyclic amines) is 1. The van der Waals surface area contributed by atoms with Gasteiger partial charge in [0.1, 0.15) is 13.2 Å². The molecule has 0 amide bonds. The van der Waals surface area contributed by atoms with Crippen LogP contribution >= 0.6 is 12.4 Å². The number of carbonyl (C=O) groups excluding carboxylic acids is 1. The molecule has 0 aliphatic carbocycles. The highest BCUT2D eigenvalue weighted by molar-refractivity contribution is 5.85. The monoisotopic (exact) mass is 279 g/mol. The highest BCUT2D eigenvalue weighted by atomic mass is 35.5. The van der Waals surface area contributed by atoms with Crippen LogP contribution in [0.3, 0.4) is 0 Å². The first-order valence-electron chi connectivity index (χ1n) is 6.59. The molecule has 0 unspecified atom stereocenters. The fourth-order valence-electron chi connectivity index (χ4n) is 2.30. The second-order valence-electron chi connectivity index (χ2n) is 6.24. The fraction of sp³-hybridized carbons (Fsp3) is 0.923. The Morgan fingerprint density at radius 1 is 1.28 bits per heavy atom. The summed E-state index contributed by atoms with van der Waals surface area (Å²) >= 11 is 0. The molecule has 0 bridgehead atoms. The minimum absolute atomic E-state index is 0. The van der Waals surface area contributed by atoms with Crippen molar-refractivity contribution < 1.29 is 14.0 Å². The summed E-state index contributed by atoms with van der Waals surface area (Å²) < 4.78 is 6.29. The number of nitrogens with zero attached hydrogens (tertiary/aromatic N) is 1. The molecule has 4 nitrogen and oxygen atoms in total. The van der Waals surface area contributed by atoms with E-state index in [1.807, 2.05) is 13.8 Å². The third kappa shape index (κ3) is 7.19. The topological polar surface area (TPSA) is 52.3 Å². The average Bonchev–Trinajstić information content (AvgIpc) is 2.15. The summed E-state index contributed by atoms with van der Waals surface area (Å²) in [4.78, 5) is 11.5. The van der Waals surface area contributed by atoms with Crippen molar-refractivity contribution in [2.45, 2.75) is 45.1 Å². The quantitative estimate of drug-likeness (QED) is 0.616. The molecule has 0 aromatic carbocycles. The maximum Gasteiger partial charge on any atom is 0.307 e. The zero-order chi connectivity index (χ0) is 12.9. The van der Waals surface area contributed by atoms with Crippen LogP contribution in [-0.4, -0.2) is 49.3 Å². The predicted octanol–water partition coefficient (Wildman–Crippen LogP) is 1.71. The highest BCUT2D eigenvalue weighted by Crippen LogP contribution is 2.15. The van der Waals surface area contributed by atoms with Gasteiger partial charge in [-0.15, -0.1) is 12.4 Å². The molecule has 0 saturated carbocycles. The maximum absolute atomic E-state index is 11.5. The molecule has 1 fully saturated rings. The molecular formula is C13H28ClN2O2+. The van der Waals surface area contributed by atoms with E-state index in [0.717, 1.165) is 11.0 Å². The van der Waals surface area contributed by atoms with E-state index in [4.69, 9.17) is 10.5 Å². The van der Waals surface area contributed by atoms with Crippen LogP contribution in [0.2, 0.25) is 0 Å². The number of quaternary nitrogens is 1. The van der Waals surface area contributed by atoms with E-state index in [1.54, 1.807) is 0 Å². The van der Waals surface area contributed by atoms with Gasteiger partial charge in [-0.2, -0.15) is 0 Å². The van der Waals surface area contributed by atoms with Gasteiger partial charge in [0, 0.05) is 5.54 Å². The Balaban J connectivity index is 0.00000289. The van der Waals surface area contributed by atoms with E-state index in [-0.39, 0.29) is 24.8 Å². The van der Waals surface area contributed by atoms with Crippen LogP contribution in [0.5, 0.6) is 0 Å². The van der Waals surface area contributed by atoms with Crippen molar-refractivity contribution in [1.29, 1.82) is 0 Å². The number of carbonyl (C=O) groups is 1. The lowest BCUT2D eigenvalue weighted by molar-refractivity contribution is -0.914. The van der Waals surface area contributed by atoms with Gasteiger partial charge in [0.05, 0.1) is 26.6 Å². The van der Waals surface area contributed by atoms with Crippen molar-refractivity contribution in [1.82, 2.24) is 0 Å². The molecule has 5 heteroatoms. The Bertz CT molecular complexity index is 258. The van der Waals surface area contributed by atoms with Crippen molar-refractivity contribution in [3.8, 4) is 0 Å². The van der Waals surface area contributed by atoms with E-state index in [2.05, 4.69) is 7.05 Å². The summed E-state index contributed by atoms with van der Waals surface area (Å²) in [5.41, 5.74) is 5.30. The van der Waals surface area contributed by atoms with Crippen molar-refractivity contribution >= 4 is 18.4 Å². The van der Waals surface area contributed by atoms with Crippen molar-refractivity contribution in [2.75, 3.05) is 33.3 Å². The van der Waals surface area contributed by atoms with E-state index in [0.29, 0.717) is 6.61 Å². The standard InChI is InChI=1S/C13H27N2O2.ClH/c1-13(2,14)11-12(16)17-10-9-15(3)7-5-4-6-8-15;/h4-11,14H2,1-3H3;1H/q+1;. The Kier molecular flexibility index (Phi) is 7.18. The SMILES string of the molecule is CC(C)(N)CC(=O)OCC[N+]1(C)CCCCC1.Cl. The average molecular weight is 280 g/mol. The molecule has 1 saturated heterocycles. The zero-order valence-corrected chi connectivity index (χ0v) is 12.7. The normalized spacial score (nSPS) is 18.9. The first-order chi connectivity index (χ1) is 7.81. The Morgan fingerprint density at radius 3 is 2.33 bits per heavy atom. The van der Waals surface area contributed by atoms with Gasteiger partial charge in [-0.25, -0.2) is 0 Å². The van der Waals surface area contributed by atoms with E-state index >= 15 is 0 Å². The molecule has 0 aromatic rings. The number of esters is 1. The van der Waals surface area contributed by atoms with Crippen LogP contribution in [0.1, 0.15) is 39.5 Å². The Morgan fingerprint density at radius 2 is 1.83 bits per heavy atom. The summed E-state index contributed by atoms with van der Waals surface area (Å²) in [5, 5.41) is 0. The minimum Gasteiger partial charge on any atom is -0.460 e. The second-order valence-corrected chi connectivity index (χ2v) is 6.24. The molecule has 2 N–H and O–H groups in total. The van der Waals surface area contributed by atoms with Crippen LogP contribution in [0.25, 0.3) is 0 Å². The van der Waals surface area contributed by atoms with Gasteiger partial charge in [0.2, 0.25) is 0 Å². The van der Waals surface area contributed by atoms with Crippen LogP contribution < -0.4 is 5.73 Å². The lowest BCUT2D eigenvalue weighted by Gasteiger charge is -2.37. The summed E-state index contributed by atoms with van der Waals surface area (Å²) in [6.45, 7) is 7.54. The molecule has 0 aromatic heterocycles. The van der Waals surface area contributed by atoms with Crippen LogP contribution in [0.15, 0.2) is 0 Å². The number of likely N-dealkylation sites (N-methyl/N-ethyl adjacent to an activating group) is 1. The molecule has 108 valence electrons. The first-order valence-corrected chi connectivity index (χ1v) is 6.59. The Labute approximate surface area is 117 Å². The first kappa shape index (κ1) is 17.7. The third-order valence-corrected chi connectivity index (χ3v) is 3.39. The summed E-state index contributed by atoms with van der Waals surface area (Å²) in [5.74, 6) is -0.180. The molecule has 1 rings (SSSR count). The number of hydrogen-bond acceptors (Lipinski definition) is 3. The smallest absolute Gasteiger partial charge is 0.307 e. The predicted molar refractivity (Wildman–Crippen MR) is 75.7 cm³/mol. The highest BCUT2D eigenvalue weighted by Gasteiger charge is 2.25. The van der Waals surface area contributed by atoms with Gasteiger partial charge >= 0.3 is 5.97 Å². The van der Waals surface area contributed by atoms with Gasteiger partial charge in [-0.1, -0.05) is 0 Å². The molecular weight excluding hydrogens is 252 g/mol. The van der Waals surface area contributed by atoms with Gasteiger partial charge in [-0.3, -0.25) is 4.79 Å². The van der Waals surface area contributed by atoms with Gasteiger partial charge < -0.3 is 15.0 Å². The van der Waals surface area contributed by atoms with Gasteiger partial charge in [0.25, 0.3) is 0 Å². The second kappa shape index (κ2) is 7.31. The molecule has 18 heavy (non-hydrogen) atoms. The lowest BCUT2D eigenvalue weighted by Crippen LogP contribution is -2.50. The number of rotatable bonds is 5. The lowest BCUT2D eigenvalue weighted by atomic mass is 10.0. The molecule has 1 aliphatic rings. The van der Waals surface area contributed by atoms with Crippen molar-refractivity contribution in [3.63, 3.8) is 0 Å². The van der Waals surface area contributed by atoms with Gasteiger partial charge in [-0.05, 0) is 33.1 Å². The zero-order valence-electron chi connectivity index (χ0n) is 11.9. The van der Waals surface area contributed by atoms with E-state index < -0.39 is 5.54 Å². The largest absolute Gasteiger partial charge is 0.460 e. The molecule has 1 aliphatic heterocycles. The van der Waals surface area contributed by atoms with Crippen LogP contribution in [-0.2, 0) is 9.53 Å². The number of nitrogens with two attached hydrogens (primary N) is 1. The molecule has 1 heterocycles. The van der Waals surface area contributed by atoms with Crippen molar-refractivity contribution in [3.05, 3.63) is 0 Å². The number of hydrogen-bond donors (Lipinski definition) is 1. The van der Waals surface area contributed by atoms with E-state index in [9.17, 15) is 4.79 Å². The third-order valence-electron chi connectivity index (χ3n) is 3.39. The summed E-state index contributed by atoms with van der Waals surface area (Å²) in [6, 6.07) is 0. The summed E-state index contributed by atoms with van der Waals surface area (Å²) in [7, 11) is 2.25. The van der Waals surface area contributed by atoms with Crippen molar-refractivity contribution in [2.24, 2.45) is 5.73 Å². The Hall–Kier alpha value is -0.320. The minimum atomic E-state index is -0.472. The number of piperidine rings is 1. The number of halogens is 1. The van der Waals surface area contributed by atoms with Crippen LogP contribution in [0.4, 0.5) is 0 Å². The molecule has 0 radical (unpaired) electrons. The maximum atomic E-state index is 11.5. The molecule has 0 spiro atoms. The number of ether oxygens (including phenoxy) is 1. The van der Waals surface area contributed by atoms with Gasteiger partial charge in [0.15, 0.2) is 0 Å². The fourth-order valence-corrected chi connectivity index (χ4v) is 2.30. The van der Waals surface area contributed by atoms with Crippen LogP contribution in [0, 0.1) is 0 Å². The molecule has 0 atom stereocenters.